The van der Waals surface area contributed by atoms with E-state index in [0.717, 1.165) is 12.0 Å². The third-order valence-electron chi connectivity index (χ3n) is 4.75. The Kier molecular flexibility index (Phi) is 10.1. The molecule has 1 atom stereocenters. The quantitative estimate of drug-likeness (QED) is 0.416. The monoisotopic (exact) mass is 458 g/mol. The molecule has 1 aromatic rings. The first-order valence-corrected chi connectivity index (χ1v) is 12.4. The van der Waals surface area contributed by atoms with Gasteiger partial charge in [0.2, 0.25) is 11.8 Å². The molecule has 0 bridgehead atoms. The van der Waals surface area contributed by atoms with Crippen molar-refractivity contribution in [1.82, 2.24) is 10.6 Å². The second-order valence-electron chi connectivity index (χ2n) is 7.81. The summed E-state index contributed by atoms with van der Waals surface area (Å²) >= 11 is 5.88. The Bertz CT molecular complexity index is 794. The Hall–Kier alpha value is -1.64. The molecular formula is C21H31ClN2O5S. The van der Waals surface area contributed by atoms with Crippen molar-refractivity contribution in [2.24, 2.45) is 5.92 Å². The molecule has 1 aromatic carbocycles. The first-order chi connectivity index (χ1) is 14.3. The summed E-state index contributed by atoms with van der Waals surface area (Å²) in [6.07, 6.45) is 3.27. The minimum Gasteiger partial charge on any atom is -0.380 e. The Balaban J connectivity index is 1.44. The second-order valence-corrected chi connectivity index (χ2v) is 10.5. The Morgan fingerprint density at radius 2 is 1.77 bits per heavy atom. The number of hydrogen-bond donors (Lipinski definition) is 2. The van der Waals surface area contributed by atoms with Crippen LogP contribution in [0.3, 0.4) is 0 Å². The van der Waals surface area contributed by atoms with Crippen LogP contribution in [0.4, 0.5) is 0 Å². The van der Waals surface area contributed by atoms with Crippen LogP contribution < -0.4 is 10.6 Å². The molecule has 2 rings (SSSR count). The van der Waals surface area contributed by atoms with E-state index in [9.17, 15) is 18.0 Å². The fourth-order valence-electron chi connectivity index (χ4n) is 3.03. The fourth-order valence-corrected chi connectivity index (χ4v) is 4.71. The van der Waals surface area contributed by atoms with Gasteiger partial charge >= 0.3 is 0 Å². The lowest BCUT2D eigenvalue weighted by atomic mass is 9.98. The van der Waals surface area contributed by atoms with Gasteiger partial charge < -0.3 is 15.4 Å². The highest BCUT2D eigenvalue weighted by atomic mass is 35.5. The van der Waals surface area contributed by atoms with Gasteiger partial charge in [-0.25, -0.2) is 8.42 Å². The molecule has 1 fully saturated rings. The number of amides is 2. The Morgan fingerprint density at radius 3 is 2.43 bits per heavy atom. The summed E-state index contributed by atoms with van der Waals surface area (Å²) in [5.74, 6) is -0.680. The number of carbonyl (C=O) groups excluding carboxylic acids is 2. The van der Waals surface area contributed by atoms with E-state index >= 15 is 0 Å². The molecule has 0 aliphatic heterocycles. The average Bonchev–Trinajstić information content (AvgIpc) is 3.51. The van der Waals surface area contributed by atoms with Gasteiger partial charge in [-0.3, -0.25) is 9.59 Å². The third kappa shape index (κ3) is 9.91. The lowest BCUT2D eigenvalue weighted by Crippen LogP contribution is -2.34. The molecule has 30 heavy (non-hydrogen) atoms. The number of hydrogen-bond acceptors (Lipinski definition) is 5. The largest absolute Gasteiger partial charge is 0.380 e. The van der Waals surface area contributed by atoms with Crippen LogP contribution in [0.1, 0.15) is 38.2 Å². The van der Waals surface area contributed by atoms with Gasteiger partial charge in [-0.15, -0.1) is 0 Å². The highest BCUT2D eigenvalue weighted by Gasteiger charge is 2.36. The summed E-state index contributed by atoms with van der Waals surface area (Å²) in [5.41, 5.74) is 1.16. The van der Waals surface area contributed by atoms with Crippen LogP contribution in [0.2, 0.25) is 5.02 Å². The van der Waals surface area contributed by atoms with Gasteiger partial charge in [0.05, 0.1) is 11.9 Å². The smallest absolute Gasteiger partial charge is 0.235 e. The van der Waals surface area contributed by atoms with Crippen molar-refractivity contribution in [2.45, 2.75) is 44.3 Å². The molecule has 0 heterocycles. The van der Waals surface area contributed by atoms with E-state index in [1.54, 1.807) is 0 Å². The van der Waals surface area contributed by atoms with Gasteiger partial charge in [-0.2, -0.15) is 0 Å². The normalized spacial score (nSPS) is 14.9. The maximum atomic E-state index is 12.0. The zero-order valence-electron chi connectivity index (χ0n) is 17.4. The van der Waals surface area contributed by atoms with Crippen LogP contribution in [0.25, 0.3) is 0 Å². The zero-order valence-corrected chi connectivity index (χ0v) is 18.9. The summed E-state index contributed by atoms with van der Waals surface area (Å²) in [5, 5.41) is 5.82. The van der Waals surface area contributed by atoms with E-state index in [1.807, 2.05) is 31.2 Å². The predicted octanol–water partition coefficient (Wildman–Crippen LogP) is 2.13. The summed E-state index contributed by atoms with van der Waals surface area (Å²) in [4.78, 5) is 23.6. The summed E-state index contributed by atoms with van der Waals surface area (Å²) in [6.45, 7) is 3.60. The number of nitrogens with one attached hydrogen (secondary N) is 2. The van der Waals surface area contributed by atoms with Crippen molar-refractivity contribution in [1.29, 1.82) is 0 Å². The van der Waals surface area contributed by atoms with Gasteiger partial charge in [-0.05, 0) is 49.3 Å². The fraction of sp³-hybridized carbons (Fsp3) is 0.619. The van der Waals surface area contributed by atoms with Gasteiger partial charge in [0.15, 0.2) is 9.84 Å². The molecule has 1 aliphatic rings. The van der Waals surface area contributed by atoms with E-state index in [0.29, 0.717) is 50.5 Å². The average molecular weight is 459 g/mol. The van der Waals surface area contributed by atoms with Crippen molar-refractivity contribution in [3.63, 3.8) is 0 Å². The highest BCUT2D eigenvalue weighted by Crippen LogP contribution is 2.28. The van der Waals surface area contributed by atoms with Crippen molar-refractivity contribution in [3.05, 3.63) is 34.9 Å². The number of sulfone groups is 1. The van der Waals surface area contributed by atoms with Gasteiger partial charge in [0.25, 0.3) is 0 Å². The lowest BCUT2D eigenvalue weighted by molar-refractivity contribution is -0.122. The molecule has 0 radical (unpaired) electrons. The number of halogens is 1. The molecule has 0 spiro atoms. The third-order valence-corrected chi connectivity index (χ3v) is 7.16. The molecule has 2 amide bonds. The molecule has 168 valence electrons. The minimum absolute atomic E-state index is 0.0144. The summed E-state index contributed by atoms with van der Waals surface area (Å²) < 4.78 is 28.8. The van der Waals surface area contributed by atoms with E-state index in [4.69, 9.17) is 16.3 Å². The Labute approximate surface area is 183 Å². The van der Waals surface area contributed by atoms with Crippen LogP contribution in [-0.4, -0.2) is 57.5 Å². The standard InChI is InChI=1S/C21H31ClN2O5S/c1-16(13-17-3-5-18(22)6-4-17)14-20(25)23-9-2-11-29-12-10-24-21(26)15-30(27,28)19-7-8-19/h3-6,16,19H,2,7-15H2,1H3,(H,23,25)(H,24,26). The molecule has 1 unspecified atom stereocenters. The number of ether oxygens (including phenoxy) is 1. The first-order valence-electron chi connectivity index (χ1n) is 10.3. The SMILES string of the molecule is CC(CC(=O)NCCCOCCNC(=O)CS(=O)(=O)C1CC1)Cc1ccc(Cl)cc1. The van der Waals surface area contributed by atoms with Gasteiger partial charge in [0, 0.05) is 31.1 Å². The summed E-state index contributed by atoms with van der Waals surface area (Å²) in [7, 11) is -3.28. The van der Waals surface area contributed by atoms with Crippen molar-refractivity contribution in [3.8, 4) is 0 Å². The van der Waals surface area contributed by atoms with Crippen LogP contribution in [0.15, 0.2) is 24.3 Å². The molecule has 0 aromatic heterocycles. The van der Waals surface area contributed by atoms with Crippen LogP contribution in [-0.2, 0) is 30.6 Å². The van der Waals surface area contributed by atoms with Gasteiger partial charge in [-0.1, -0.05) is 30.7 Å². The number of carbonyl (C=O) groups is 2. The predicted molar refractivity (Wildman–Crippen MR) is 117 cm³/mol. The van der Waals surface area contributed by atoms with Crippen LogP contribution in [0.5, 0.6) is 0 Å². The maximum absolute atomic E-state index is 12.0. The molecule has 0 saturated heterocycles. The van der Waals surface area contributed by atoms with E-state index < -0.39 is 21.5 Å². The highest BCUT2D eigenvalue weighted by molar-refractivity contribution is 7.93. The van der Waals surface area contributed by atoms with Crippen LogP contribution >= 0.6 is 11.6 Å². The molecule has 9 heteroatoms. The van der Waals surface area contributed by atoms with Crippen molar-refractivity contribution >= 4 is 33.3 Å². The molecule has 1 saturated carbocycles. The number of benzene rings is 1. The topological polar surface area (TPSA) is 102 Å². The minimum atomic E-state index is -3.28. The summed E-state index contributed by atoms with van der Waals surface area (Å²) in [6, 6.07) is 7.65. The van der Waals surface area contributed by atoms with Crippen molar-refractivity contribution in [2.75, 3.05) is 32.1 Å². The van der Waals surface area contributed by atoms with E-state index in [-0.39, 0.29) is 23.6 Å². The van der Waals surface area contributed by atoms with E-state index in [2.05, 4.69) is 10.6 Å². The number of rotatable bonds is 14. The zero-order chi connectivity index (χ0) is 22.0. The second kappa shape index (κ2) is 12.3. The van der Waals surface area contributed by atoms with E-state index in [1.165, 1.54) is 0 Å². The van der Waals surface area contributed by atoms with Crippen LogP contribution in [0, 0.1) is 5.92 Å². The lowest BCUT2D eigenvalue weighted by Gasteiger charge is -2.12. The molecule has 2 N–H and O–H groups in total. The maximum Gasteiger partial charge on any atom is 0.235 e. The Morgan fingerprint density at radius 1 is 1.10 bits per heavy atom. The molecular weight excluding hydrogens is 428 g/mol. The first kappa shape index (κ1) is 24.6. The van der Waals surface area contributed by atoms with Gasteiger partial charge in [0.1, 0.15) is 5.75 Å². The van der Waals surface area contributed by atoms with Crippen molar-refractivity contribution < 1.29 is 22.7 Å². The molecule has 7 nitrogen and oxygen atoms in total. The molecule has 1 aliphatic carbocycles.